The van der Waals surface area contributed by atoms with Crippen molar-refractivity contribution in [2.24, 2.45) is 10.3 Å². The summed E-state index contributed by atoms with van der Waals surface area (Å²) in [6, 6.07) is 15.2. The molecular formula is C21H24ClN7O. The molecule has 3 rings (SSSR count). The van der Waals surface area contributed by atoms with Crippen molar-refractivity contribution in [3.05, 3.63) is 64.8 Å². The third-order valence-electron chi connectivity index (χ3n) is 4.44. The van der Waals surface area contributed by atoms with E-state index >= 15 is 0 Å². The molecule has 0 atom stereocenters. The molecule has 2 aromatic carbocycles. The Morgan fingerprint density at radius 1 is 1.10 bits per heavy atom. The van der Waals surface area contributed by atoms with Crippen molar-refractivity contribution >= 4 is 29.1 Å². The van der Waals surface area contributed by atoms with Crippen LogP contribution in [0.1, 0.15) is 18.2 Å². The lowest BCUT2D eigenvalue weighted by Crippen LogP contribution is -2.20. The number of aryl methyl sites for hydroxylation is 1. The van der Waals surface area contributed by atoms with Gasteiger partial charge in [0.15, 0.2) is 0 Å². The zero-order chi connectivity index (χ0) is 21.5. The monoisotopic (exact) mass is 425 g/mol. The van der Waals surface area contributed by atoms with Crippen LogP contribution in [0.3, 0.4) is 0 Å². The zero-order valence-corrected chi connectivity index (χ0v) is 17.4. The van der Waals surface area contributed by atoms with Crippen LogP contribution in [-0.2, 0) is 13.0 Å². The normalized spacial score (nSPS) is 11.2. The molecule has 0 aliphatic heterocycles. The molecule has 5 N–H and O–H groups in total. The van der Waals surface area contributed by atoms with E-state index in [4.69, 9.17) is 23.1 Å². The van der Waals surface area contributed by atoms with Gasteiger partial charge in [-0.3, -0.25) is 5.01 Å². The molecule has 0 amide bonds. The standard InChI is InChI=1S/C21H24ClN7O/c1-2-17-19(20(23)26-21(24)25-17)15-8-9-16(22)18(12-15)27-28-29(10-11-30)13-14-6-4-3-5-7-14/h3-9,12,30H,2,10-11,13H2,1H3,(H4,23,24,25,26). The number of rotatable bonds is 8. The number of nitrogens with two attached hydrogens (primary N) is 2. The number of hydrogen-bond acceptors (Lipinski definition) is 7. The summed E-state index contributed by atoms with van der Waals surface area (Å²) in [5, 5.41) is 20.1. The van der Waals surface area contributed by atoms with Crippen LogP contribution in [-0.4, -0.2) is 33.2 Å². The molecule has 0 saturated heterocycles. The van der Waals surface area contributed by atoms with Crippen molar-refractivity contribution in [1.29, 1.82) is 0 Å². The fourth-order valence-corrected chi connectivity index (χ4v) is 3.19. The van der Waals surface area contributed by atoms with Crippen molar-refractivity contribution in [3.8, 4) is 11.1 Å². The summed E-state index contributed by atoms with van der Waals surface area (Å²) in [7, 11) is 0. The van der Waals surface area contributed by atoms with Crippen LogP contribution >= 0.6 is 11.6 Å². The van der Waals surface area contributed by atoms with Crippen LogP contribution in [0.5, 0.6) is 0 Å². The number of nitrogens with zero attached hydrogens (tertiary/aromatic N) is 5. The molecule has 0 aliphatic rings. The lowest BCUT2D eigenvalue weighted by molar-refractivity contribution is 0.187. The van der Waals surface area contributed by atoms with Crippen molar-refractivity contribution in [2.75, 3.05) is 24.6 Å². The summed E-state index contributed by atoms with van der Waals surface area (Å²) >= 11 is 6.34. The first-order valence-electron chi connectivity index (χ1n) is 9.55. The average Bonchev–Trinajstić information content (AvgIpc) is 2.73. The van der Waals surface area contributed by atoms with Crippen LogP contribution in [0.2, 0.25) is 5.02 Å². The van der Waals surface area contributed by atoms with Gasteiger partial charge in [0.25, 0.3) is 0 Å². The van der Waals surface area contributed by atoms with Gasteiger partial charge in [-0.05, 0) is 29.7 Å². The summed E-state index contributed by atoms with van der Waals surface area (Å²) in [6.07, 6.45) is 0.646. The number of benzene rings is 2. The molecule has 0 radical (unpaired) electrons. The van der Waals surface area contributed by atoms with Crippen molar-refractivity contribution < 1.29 is 5.11 Å². The molecule has 30 heavy (non-hydrogen) atoms. The fourth-order valence-electron chi connectivity index (χ4n) is 3.04. The molecule has 156 valence electrons. The van der Waals surface area contributed by atoms with E-state index in [9.17, 15) is 5.11 Å². The quantitative estimate of drug-likeness (QED) is 0.369. The van der Waals surface area contributed by atoms with Crippen molar-refractivity contribution in [1.82, 2.24) is 15.0 Å². The Morgan fingerprint density at radius 3 is 2.57 bits per heavy atom. The second-order valence-corrected chi connectivity index (χ2v) is 7.00. The molecule has 0 saturated carbocycles. The molecule has 1 aromatic heterocycles. The van der Waals surface area contributed by atoms with Gasteiger partial charge in [0.05, 0.1) is 30.4 Å². The number of aliphatic hydroxyl groups excluding tert-OH is 1. The number of aromatic nitrogens is 2. The number of anilines is 2. The Bertz CT molecular complexity index is 1030. The van der Waals surface area contributed by atoms with E-state index in [0.29, 0.717) is 41.6 Å². The highest BCUT2D eigenvalue weighted by atomic mass is 35.5. The van der Waals surface area contributed by atoms with Gasteiger partial charge in [0.2, 0.25) is 5.95 Å². The minimum absolute atomic E-state index is 0.0429. The van der Waals surface area contributed by atoms with Crippen LogP contribution in [0.25, 0.3) is 11.1 Å². The Hall–Kier alpha value is -3.23. The summed E-state index contributed by atoms with van der Waals surface area (Å²) in [6.45, 7) is 2.78. The number of aliphatic hydroxyl groups is 1. The first kappa shape index (κ1) is 21.5. The molecule has 0 bridgehead atoms. The SMILES string of the molecule is CCc1nc(N)nc(N)c1-c1ccc(Cl)c(N=NN(CCO)Cc2ccccc2)c1. The van der Waals surface area contributed by atoms with Gasteiger partial charge >= 0.3 is 0 Å². The minimum Gasteiger partial charge on any atom is -0.394 e. The zero-order valence-electron chi connectivity index (χ0n) is 16.7. The Morgan fingerprint density at radius 2 is 1.87 bits per heavy atom. The Labute approximate surface area is 180 Å². The average molecular weight is 426 g/mol. The van der Waals surface area contributed by atoms with Crippen molar-refractivity contribution in [2.45, 2.75) is 19.9 Å². The lowest BCUT2D eigenvalue weighted by Gasteiger charge is -2.16. The molecule has 3 aromatic rings. The van der Waals surface area contributed by atoms with Gasteiger partial charge in [0, 0.05) is 5.56 Å². The highest BCUT2D eigenvalue weighted by molar-refractivity contribution is 6.33. The van der Waals surface area contributed by atoms with E-state index in [1.54, 1.807) is 17.1 Å². The van der Waals surface area contributed by atoms with Gasteiger partial charge in [-0.1, -0.05) is 60.1 Å². The van der Waals surface area contributed by atoms with Crippen LogP contribution in [0.15, 0.2) is 58.9 Å². The predicted molar refractivity (Wildman–Crippen MR) is 119 cm³/mol. The largest absolute Gasteiger partial charge is 0.394 e. The van der Waals surface area contributed by atoms with E-state index in [2.05, 4.69) is 20.3 Å². The van der Waals surface area contributed by atoms with E-state index < -0.39 is 0 Å². The smallest absolute Gasteiger partial charge is 0.222 e. The molecule has 0 unspecified atom stereocenters. The number of halogens is 1. The first-order valence-corrected chi connectivity index (χ1v) is 9.92. The second-order valence-electron chi connectivity index (χ2n) is 6.60. The van der Waals surface area contributed by atoms with Crippen LogP contribution in [0.4, 0.5) is 17.5 Å². The topological polar surface area (TPSA) is 126 Å². The predicted octanol–water partition coefficient (Wildman–Crippen LogP) is 4.02. The van der Waals surface area contributed by atoms with Gasteiger partial charge in [-0.2, -0.15) is 4.98 Å². The minimum atomic E-state index is -0.0429. The third kappa shape index (κ3) is 5.22. The van der Waals surface area contributed by atoms with Gasteiger partial charge in [0.1, 0.15) is 11.5 Å². The fraction of sp³-hybridized carbons (Fsp3) is 0.238. The van der Waals surface area contributed by atoms with Gasteiger partial charge < -0.3 is 16.6 Å². The molecule has 1 heterocycles. The van der Waals surface area contributed by atoms with Crippen LogP contribution in [0, 0.1) is 0 Å². The second kappa shape index (κ2) is 10.00. The highest BCUT2D eigenvalue weighted by Gasteiger charge is 2.14. The summed E-state index contributed by atoms with van der Waals surface area (Å²) in [4.78, 5) is 8.37. The molecule has 9 heteroatoms. The summed E-state index contributed by atoms with van der Waals surface area (Å²) < 4.78 is 0. The summed E-state index contributed by atoms with van der Waals surface area (Å²) in [5.41, 5.74) is 15.6. The van der Waals surface area contributed by atoms with Gasteiger partial charge in [-0.25, -0.2) is 4.98 Å². The van der Waals surface area contributed by atoms with Gasteiger partial charge in [-0.15, -0.1) is 5.11 Å². The summed E-state index contributed by atoms with van der Waals surface area (Å²) in [5.74, 6) is 0.443. The maximum atomic E-state index is 9.36. The molecular weight excluding hydrogens is 402 g/mol. The van der Waals surface area contributed by atoms with Crippen molar-refractivity contribution in [3.63, 3.8) is 0 Å². The molecule has 8 nitrogen and oxygen atoms in total. The number of nitrogen functional groups attached to an aromatic ring is 2. The van der Waals surface area contributed by atoms with Crippen LogP contribution < -0.4 is 11.5 Å². The van der Waals surface area contributed by atoms with E-state index in [1.165, 1.54) is 0 Å². The Balaban J connectivity index is 1.91. The third-order valence-corrected chi connectivity index (χ3v) is 4.76. The van der Waals surface area contributed by atoms with E-state index in [0.717, 1.165) is 16.8 Å². The van der Waals surface area contributed by atoms with E-state index in [-0.39, 0.29) is 12.6 Å². The lowest BCUT2D eigenvalue weighted by atomic mass is 10.0. The Kier molecular flexibility index (Phi) is 7.16. The highest BCUT2D eigenvalue weighted by Crippen LogP contribution is 2.35. The number of hydrogen-bond donors (Lipinski definition) is 3. The molecule has 0 spiro atoms. The molecule has 0 fully saturated rings. The maximum Gasteiger partial charge on any atom is 0.222 e. The maximum absolute atomic E-state index is 9.36. The molecule has 0 aliphatic carbocycles. The van der Waals surface area contributed by atoms with E-state index in [1.807, 2.05) is 43.3 Å². The first-order chi connectivity index (χ1) is 14.5.